The molecule has 0 bridgehead atoms. The van der Waals surface area contributed by atoms with E-state index in [1.54, 1.807) is 4.68 Å². The first-order chi connectivity index (χ1) is 7.15. The molecule has 0 aromatic carbocycles. The quantitative estimate of drug-likeness (QED) is 0.821. The van der Waals surface area contributed by atoms with Crippen molar-refractivity contribution in [3.05, 3.63) is 16.9 Å². The molecule has 2 atom stereocenters. The van der Waals surface area contributed by atoms with Crippen molar-refractivity contribution in [2.45, 2.75) is 38.5 Å². The summed E-state index contributed by atoms with van der Waals surface area (Å²) in [5.74, 6) is 0.219. The highest BCUT2D eigenvalue weighted by Gasteiger charge is 2.37. The van der Waals surface area contributed by atoms with Gasteiger partial charge >= 0.3 is 0 Å². The van der Waals surface area contributed by atoms with E-state index >= 15 is 0 Å². The summed E-state index contributed by atoms with van der Waals surface area (Å²) in [4.78, 5) is 0. The van der Waals surface area contributed by atoms with Crippen molar-refractivity contribution in [2.24, 2.45) is 5.92 Å². The van der Waals surface area contributed by atoms with Crippen LogP contribution in [-0.2, 0) is 6.54 Å². The van der Waals surface area contributed by atoms with Crippen LogP contribution in [0.15, 0.2) is 6.20 Å². The minimum atomic E-state index is -0.924. The van der Waals surface area contributed by atoms with Crippen LogP contribution in [0.3, 0.4) is 0 Å². The van der Waals surface area contributed by atoms with Gasteiger partial charge in [-0.1, -0.05) is 11.6 Å². The van der Waals surface area contributed by atoms with Gasteiger partial charge in [0.15, 0.2) is 0 Å². The molecule has 1 fully saturated rings. The molecule has 1 heterocycles. The molecule has 2 unspecified atom stereocenters. The van der Waals surface area contributed by atoms with Crippen LogP contribution in [0.5, 0.6) is 0 Å². The highest BCUT2D eigenvalue weighted by molar-refractivity contribution is 6.31. The van der Waals surface area contributed by atoms with Gasteiger partial charge in [-0.25, -0.2) is 0 Å². The first-order valence-electron chi connectivity index (χ1n) is 5.22. The Kier molecular flexibility index (Phi) is 3.00. The minimum absolute atomic E-state index is 0.219. The molecule has 1 saturated carbocycles. The average Bonchev–Trinajstić information content (AvgIpc) is 3.00. The Bertz CT molecular complexity index is 349. The molecule has 1 aliphatic rings. The van der Waals surface area contributed by atoms with Crippen LogP contribution in [0, 0.1) is 5.92 Å². The number of halogens is 1. The summed E-state index contributed by atoms with van der Waals surface area (Å²) < 4.78 is 1.62. The van der Waals surface area contributed by atoms with E-state index in [1.807, 2.05) is 6.92 Å². The van der Waals surface area contributed by atoms with Gasteiger partial charge in [-0.05, 0) is 25.7 Å². The molecule has 4 nitrogen and oxygen atoms in total. The molecule has 1 aromatic heterocycles. The van der Waals surface area contributed by atoms with Crippen LogP contribution >= 0.6 is 11.6 Å². The second-order valence-corrected chi connectivity index (χ2v) is 4.37. The summed E-state index contributed by atoms with van der Waals surface area (Å²) in [6.07, 6.45) is 1.83. The Labute approximate surface area is 93.5 Å². The third-order valence-electron chi connectivity index (χ3n) is 2.84. The van der Waals surface area contributed by atoms with Crippen LogP contribution < -0.4 is 0 Å². The number of aryl methyl sites for hydroxylation is 1. The van der Waals surface area contributed by atoms with E-state index in [0.29, 0.717) is 17.3 Å². The van der Waals surface area contributed by atoms with Crippen molar-refractivity contribution in [1.29, 1.82) is 0 Å². The van der Waals surface area contributed by atoms with Gasteiger partial charge in [0, 0.05) is 6.54 Å². The molecule has 0 spiro atoms. The van der Waals surface area contributed by atoms with E-state index in [0.717, 1.165) is 12.8 Å². The SMILES string of the molecule is CCn1ncc(Cl)c1C(O)C(O)C1CC1. The van der Waals surface area contributed by atoms with E-state index in [9.17, 15) is 10.2 Å². The number of aliphatic hydroxyl groups is 2. The number of aromatic nitrogens is 2. The van der Waals surface area contributed by atoms with E-state index < -0.39 is 12.2 Å². The molecular formula is C10H15ClN2O2. The second-order valence-electron chi connectivity index (χ2n) is 3.97. The van der Waals surface area contributed by atoms with Crippen LogP contribution in [0.4, 0.5) is 0 Å². The highest BCUT2D eigenvalue weighted by Crippen LogP contribution is 2.39. The molecule has 5 heteroatoms. The zero-order valence-electron chi connectivity index (χ0n) is 8.60. The normalized spacial score (nSPS) is 20.3. The molecule has 0 saturated heterocycles. The van der Waals surface area contributed by atoms with Gasteiger partial charge < -0.3 is 10.2 Å². The Morgan fingerprint density at radius 1 is 1.60 bits per heavy atom. The van der Waals surface area contributed by atoms with Crippen molar-refractivity contribution in [1.82, 2.24) is 9.78 Å². The van der Waals surface area contributed by atoms with Crippen molar-refractivity contribution >= 4 is 11.6 Å². The fourth-order valence-corrected chi connectivity index (χ4v) is 2.03. The second kappa shape index (κ2) is 4.12. The van der Waals surface area contributed by atoms with E-state index in [4.69, 9.17) is 11.6 Å². The van der Waals surface area contributed by atoms with Gasteiger partial charge in [-0.15, -0.1) is 0 Å². The maximum absolute atomic E-state index is 9.99. The van der Waals surface area contributed by atoms with Crippen LogP contribution in [0.25, 0.3) is 0 Å². The van der Waals surface area contributed by atoms with Gasteiger partial charge in [0.2, 0.25) is 0 Å². The number of aliphatic hydroxyl groups excluding tert-OH is 2. The lowest BCUT2D eigenvalue weighted by molar-refractivity contribution is -0.0000283. The number of rotatable bonds is 4. The maximum Gasteiger partial charge on any atom is 0.123 e. The fraction of sp³-hybridized carbons (Fsp3) is 0.700. The summed E-state index contributed by atoms with van der Waals surface area (Å²) in [5, 5.41) is 24.3. The Morgan fingerprint density at radius 3 is 2.80 bits per heavy atom. The van der Waals surface area contributed by atoms with Gasteiger partial charge in [-0.3, -0.25) is 4.68 Å². The lowest BCUT2D eigenvalue weighted by Crippen LogP contribution is -2.23. The van der Waals surface area contributed by atoms with E-state index in [-0.39, 0.29) is 5.92 Å². The molecule has 84 valence electrons. The maximum atomic E-state index is 9.99. The van der Waals surface area contributed by atoms with E-state index in [1.165, 1.54) is 6.20 Å². The van der Waals surface area contributed by atoms with Gasteiger partial charge in [0.1, 0.15) is 6.10 Å². The lowest BCUT2D eigenvalue weighted by atomic mass is 10.1. The molecule has 0 aliphatic heterocycles. The van der Waals surface area contributed by atoms with Crippen LogP contribution in [0.2, 0.25) is 5.02 Å². The third kappa shape index (κ3) is 2.02. The monoisotopic (exact) mass is 230 g/mol. The summed E-state index contributed by atoms with van der Waals surface area (Å²) in [7, 11) is 0. The first-order valence-corrected chi connectivity index (χ1v) is 5.60. The number of nitrogens with zero attached hydrogens (tertiary/aromatic N) is 2. The summed E-state index contributed by atoms with van der Waals surface area (Å²) >= 11 is 5.93. The summed E-state index contributed by atoms with van der Waals surface area (Å²) in [5.41, 5.74) is 0.526. The minimum Gasteiger partial charge on any atom is -0.390 e. The van der Waals surface area contributed by atoms with Crippen molar-refractivity contribution in [3.63, 3.8) is 0 Å². The Balaban J connectivity index is 2.22. The standard InChI is InChI=1S/C10H15ClN2O2/c1-2-13-8(7(11)5-12-13)10(15)9(14)6-3-4-6/h5-6,9-10,14-15H,2-4H2,1H3. The number of hydrogen-bond acceptors (Lipinski definition) is 3. The van der Waals surface area contributed by atoms with Crippen LogP contribution in [-0.4, -0.2) is 26.1 Å². The summed E-state index contributed by atoms with van der Waals surface area (Å²) in [6, 6.07) is 0. The van der Waals surface area contributed by atoms with Crippen LogP contribution in [0.1, 0.15) is 31.6 Å². The molecule has 1 aliphatic carbocycles. The lowest BCUT2D eigenvalue weighted by Gasteiger charge is -2.18. The third-order valence-corrected chi connectivity index (χ3v) is 3.13. The largest absolute Gasteiger partial charge is 0.390 e. The number of hydrogen-bond donors (Lipinski definition) is 2. The molecule has 2 rings (SSSR count). The zero-order chi connectivity index (χ0) is 11.0. The highest BCUT2D eigenvalue weighted by atomic mass is 35.5. The average molecular weight is 231 g/mol. The predicted molar refractivity (Wildman–Crippen MR) is 56.6 cm³/mol. The van der Waals surface area contributed by atoms with Gasteiger partial charge in [0.25, 0.3) is 0 Å². The predicted octanol–water partition coefficient (Wildman–Crippen LogP) is 1.36. The fourth-order valence-electron chi connectivity index (χ4n) is 1.78. The van der Waals surface area contributed by atoms with Crippen molar-refractivity contribution in [2.75, 3.05) is 0 Å². The molecular weight excluding hydrogens is 216 g/mol. The summed E-state index contributed by atoms with van der Waals surface area (Å²) in [6.45, 7) is 2.56. The molecule has 15 heavy (non-hydrogen) atoms. The van der Waals surface area contributed by atoms with Gasteiger partial charge in [-0.2, -0.15) is 5.10 Å². The first kappa shape index (κ1) is 10.9. The Morgan fingerprint density at radius 2 is 2.27 bits per heavy atom. The van der Waals surface area contributed by atoms with Crippen molar-refractivity contribution in [3.8, 4) is 0 Å². The smallest absolute Gasteiger partial charge is 0.123 e. The topological polar surface area (TPSA) is 58.3 Å². The van der Waals surface area contributed by atoms with E-state index in [2.05, 4.69) is 5.10 Å². The molecule has 1 aromatic rings. The van der Waals surface area contributed by atoms with Crippen molar-refractivity contribution < 1.29 is 10.2 Å². The Hall–Kier alpha value is -0.580. The molecule has 2 N–H and O–H groups in total. The molecule has 0 amide bonds. The zero-order valence-corrected chi connectivity index (χ0v) is 9.35. The molecule has 0 radical (unpaired) electrons. The van der Waals surface area contributed by atoms with Gasteiger partial charge in [0.05, 0.1) is 23.0 Å².